The van der Waals surface area contributed by atoms with Crippen LogP contribution in [0, 0.1) is 18.7 Å². The zero-order valence-electron chi connectivity index (χ0n) is 16.3. The van der Waals surface area contributed by atoms with E-state index in [-0.39, 0.29) is 11.5 Å². The van der Waals surface area contributed by atoms with Gasteiger partial charge in [0.15, 0.2) is 0 Å². The van der Waals surface area contributed by atoms with Gasteiger partial charge in [-0.3, -0.25) is 14.9 Å². The molecule has 0 aliphatic heterocycles. The minimum absolute atomic E-state index is 0.108. The molecule has 0 aliphatic carbocycles. The highest BCUT2D eigenvalue weighted by Crippen LogP contribution is 2.26. The van der Waals surface area contributed by atoms with E-state index in [9.17, 15) is 14.0 Å². The number of amides is 2. The summed E-state index contributed by atoms with van der Waals surface area (Å²) in [4.78, 5) is 25.1. The molecule has 0 radical (unpaired) electrons. The molecule has 8 heteroatoms. The summed E-state index contributed by atoms with van der Waals surface area (Å²) in [7, 11) is 0. The number of aryl methyl sites for hydroxylation is 1. The first-order valence-corrected chi connectivity index (χ1v) is 9.93. The smallest absolute Gasteiger partial charge is 0.254 e. The van der Waals surface area contributed by atoms with Crippen LogP contribution in [-0.4, -0.2) is 28.1 Å². The first-order valence-electron chi connectivity index (χ1n) is 9.12. The molecule has 1 atom stereocenters. The Kier molecular flexibility index (Phi) is 6.33. The second-order valence-corrected chi connectivity index (χ2v) is 7.92. The number of nitrogens with one attached hydrogen (secondary N) is 2. The number of hydrogen-bond donors (Lipinski definition) is 2. The van der Waals surface area contributed by atoms with Crippen molar-refractivity contribution in [1.29, 1.82) is 0 Å². The van der Waals surface area contributed by atoms with E-state index < -0.39 is 23.7 Å². The quantitative estimate of drug-likeness (QED) is 0.640. The Hall–Kier alpha value is -3.13. The number of rotatable bonds is 6. The third-order valence-corrected chi connectivity index (χ3v) is 5.20. The molecule has 1 aromatic heterocycles. The molecule has 150 valence electrons. The molecule has 0 aliphatic rings. The summed E-state index contributed by atoms with van der Waals surface area (Å²) in [5.41, 5.74) is 1.93. The predicted molar refractivity (Wildman–Crippen MR) is 111 cm³/mol. The summed E-state index contributed by atoms with van der Waals surface area (Å²) < 4.78 is 13.9. The van der Waals surface area contributed by atoms with Gasteiger partial charge < -0.3 is 5.32 Å². The lowest BCUT2D eigenvalue weighted by molar-refractivity contribution is -0.118. The number of benzene rings is 2. The molecule has 0 fully saturated rings. The minimum atomic E-state index is -0.853. The van der Waals surface area contributed by atoms with E-state index in [4.69, 9.17) is 0 Å². The molecule has 29 heavy (non-hydrogen) atoms. The number of carbonyl (C=O) groups excluding carboxylic acids is 2. The van der Waals surface area contributed by atoms with Crippen LogP contribution in [0.2, 0.25) is 0 Å². The van der Waals surface area contributed by atoms with Crippen molar-refractivity contribution in [3.8, 4) is 10.6 Å². The first-order chi connectivity index (χ1) is 13.8. The first kappa shape index (κ1) is 20.6. The molecule has 2 aromatic carbocycles. The van der Waals surface area contributed by atoms with Crippen molar-refractivity contribution in [2.45, 2.75) is 26.8 Å². The van der Waals surface area contributed by atoms with Crippen LogP contribution < -0.4 is 10.6 Å². The average Bonchev–Trinajstić information content (AvgIpc) is 3.14. The van der Waals surface area contributed by atoms with Gasteiger partial charge in [-0.15, -0.1) is 10.2 Å². The lowest BCUT2D eigenvalue weighted by Gasteiger charge is -2.21. The zero-order valence-corrected chi connectivity index (χ0v) is 17.1. The van der Waals surface area contributed by atoms with Gasteiger partial charge in [0, 0.05) is 5.56 Å². The highest BCUT2D eigenvalue weighted by molar-refractivity contribution is 7.18. The lowest BCUT2D eigenvalue weighted by Crippen LogP contribution is -2.47. The third-order valence-electron chi connectivity index (χ3n) is 4.31. The lowest BCUT2D eigenvalue weighted by atomic mass is 10.0. The van der Waals surface area contributed by atoms with Crippen LogP contribution in [0.4, 0.5) is 9.52 Å². The Labute approximate surface area is 172 Å². The Morgan fingerprint density at radius 1 is 1.03 bits per heavy atom. The standard InChI is InChI=1S/C21H21FN4O2S/c1-12(2)17(23-18(27)15-6-4-5-7-16(15)22)19(28)24-21-26-25-20(29-21)14-10-8-13(3)9-11-14/h4-12,17H,1-3H3,(H,23,27)(H,24,26,28)/t17-/m1/s1. The predicted octanol–water partition coefficient (Wildman–Crippen LogP) is 4.05. The third kappa shape index (κ3) is 5.03. The van der Waals surface area contributed by atoms with Crippen LogP contribution in [-0.2, 0) is 4.79 Å². The number of carbonyl (C=O) groups is 2. The largest absolute Gasteiger partial charge is 0.340 e. The van der Waals surface area contributed by atoms with Gasteiger partial charge >= 0.3 is 0 Å². The topological polar surface area (TPSA) is 84.0 Å². The molecule has 3 aromatic rings. The Morgan fingerprint density at radius 2 is 1.72 bits per heavy atom. The Balaban J connectivity index is 1.71. The van der Waals surface area contributed by atoms with E-state index in [1.165, 1.54) is 29.5 Å². The summed E-state index contributed by atoms with van der Waals surface area (Å²) >= 11 is 1.24. The van der Waals surface area contributed by atoms with Crippen LogP contribution in [0.3, 0.4) is 0 Å². The highest BCUT2D eigenvalue weighted by atomic mass is 32.1. The monoisotopic (exact) mass is 412 g/mol. The van der Waals surface area contributed by atoms with Crippen LogP contribution >= 0.6 is 11.3 Å². The molecule has 6 nitrogen and oxygen atoms in total. The molecular weight excluding hydrogens is 391 g/mol. The van der Waals surface area contributed by atoms with Crippen molar-refractivity contribution in [2.75, 3.05) is 5.32 Å². The molecular formula is C21H21FN4O2S. The second-order valence-electron chi connectivity index (χ2n) is 6.94. The molecule has 1 heterocycles. The van der Waals surface area contributed by atoms with Gasteiger partial charge in [0.2, 0.25) is 11.0 Å². The van der Waals surface area contributed by atoms with E-state index in [1.807, 2.05) is 31.2 Å². The maximum Gasteiger partial charge on any atom is 0.254 e. The summed E-state index contributed by atoms with van der Waals surface area (Å²) in [6.07, 6.45) is 0. The minimum Gasteiger partial charge on any atom is -0.340 e. The highest BCUT2D eigenvalue weighted by Gasteiger charge is 2.26. The van der Waals surface area contributed by atoms with Crippen molar-refractivity contribution in [1.82, 2.24) is 15.5 Å². The van der Waals surface area contributed by atoms with Crippen LogP contribution in [0.1, 0.15) is 29.8 Å². The molecule has 2 amide bonds. The van der Waals surface area contributed by atoms with Gasteiger partial charge in [0.25, 0.3) is 5.91 Å². The van der Waals surface area contributed by atoms with Gasteiger partial charge in [-0.25, -0.2) is 4.39 Å². The summed E-state index contributed by atoms with van der Waals surface area (Å²) in [6.45, 7) is 5.59. The van der Waals surface area contributed by atoms with E-state index in [0.717, 1.165) is 11.1 Å². The average molecular weight is 412 g/mol. The van der Waals surface area contributed by atoms with Crippen molar-refractivity contribution in [3.05, 3.63) is 65.5 Å². The fourth-order valence-corrected chi connectivity index (χ4v) is 3.42. The fourth-order valence-electron chi connectivity index (χ4n) is 2.67. The Morgan fingerprint density at radius 3 is 2.38 bits per heavy atom. The molecule has 0 spiro atoms. The number of halogens is 1. The molecule has 0 unspecified atom stereocenters. The maximum atomic E-state index is 13.9. The van der Waals surface area contributed by atoms with E-state index >= 15 is 0 Å². The fraction of sp³-hybridized carbons (Fsp3) is 0.238. The maximum absolute atomic E-state index is 13.9. The number of nitrogens with zero attached hydrogens (tertiary/aromatic N) is 2. The van der Waals surface area contributed by atoms with Gasteiger partial charge in [-0.1, -0.05) is 67.1 Å². The summed E-state index contributed by atoms with van der Waals surface area (Å²) in [5.74, 6) is -1.93. The molecule has 3 rings (SSSR count). The van der Waals surface area contributed by atoms with Crippen molar-refractivity contribution < 1.29 is 14.0 Å². The van der Waals surface area contributed by atoms with Crippen molar-refractivity contribution in [3.63, 3.8) is 0 Å². The van der Waals surface area contributed by atoms with Crippen molar-refractivity contribution >= 4 is 28.3 Å². The normalized spacial score (nSPS) is 11.9. The van der Waals surface area contributed by atoms with Crippen LogP contribution in [0.5, 0.6) is 0 Å². The SMILES string of the molecule is Cc1ccc(-c2nnc(NC(=O)[C@H](NC(=O)c3ccccc3F)C(C)C)s2)cc1. The number of anilines is 1. The Bertz CT molecular complexity index is 1020. The second kappa shape index (κ2) is 8.91. The van der Waals surface area contributed by atoms with Gasteiger partial charge in [-0.05, 0) is 25.0 Å². The van der Waals surface area contributed by atoms with E-state index in [1.54, 1.807) is 19.9 Å². The van der Waals surface area contributed by atoms with E-state index in [2.05, 4.69) is 20.8 Å². The van der Waals surface area contributed by atoms with E-state index in [0.29, 0.717) is 10.1 Å². The van der Waals surface area contributed by atoms with Crippen LogP contribution in [0.15, 0.2) is 48.5 Å². The molecule has 2 N–H and O–H groups in total. The van der Waals surface area contributed by atoms with Crippen molar-refractivity contribution in [2.24, 2.45) is 5.92 Å². The summed E-state index contributed by atoms with van der Waals surface area (Å²) in [5, 5.41) is 14.4. The van der Waals surface area contributed by atoms with Gasteiger partial charge in [0.05, 0.1) is 5.56 Å². The molecule has 0 saturated heterocycles. The summed E-state index contributed by atoms with van der Waals surface area (Å²) in [6, 6.07) is 12.6. The van der Waals surface area contributed by atoms with Gasteiger partial charge in [-0.2, -0.15) is 0 Å². The van der Waals surface area contributed by atoms with Gasteiger partial charge in [0.1, 0.15) is 16.9 Å². The van der Waals surface area contributed by atoms with Crippen LogP contribution in [0.25, 0.3) is 10.6 Å². The molecule has 0 saturated carbocycles. The zero-order chi connectivity index (χ0) is 21.0. The molecule has 0 bridgehead atoms. The number of hydrogen-bond acceptors (Lipinski definition) is 5. The number of aromatic nitrogens is 2.